The Morgan fingerprint density at radius 2 is 2.16 bits per heavy atom. The van der Waals surface area contributed by atoms with E-state index in [0.29, 0.717) is 12.0 Å². The number of nitrogens with zero attached hydrogens (tertiary/aromatic N) is 4. The van der Waals surface area contributed by atoms with Crippen LogP contribution in [0.4, 0.5) is 5.82 Å². The summed E-state index contributed by atoms with van der Waals surface area (Å²) in [4.78, 5) is 7.08. The number of fused-ring (bicyclic) bond motifs is 2. The van der Waals surface area contributed by atoms with Crippen LogP contribution < -0.4 is 10.6 Å². The van der Waals surface area contributed by atoms with Gasteiger partial charge in [0.15, 0.2) is 5.65 Å². The molecule has 5 heteroatoms. The lowest BCUT2D eigenvalue weighted by atomic mass is 9.78. The summed E-state index contributed by atoms with van der Waals surface area (Å²) in [6, 6.07) is 4.38. The molecule has 2 aromatic heterocycles. The summed E-state index contributed by atoms with van der Waals surface area (Å²) in [5.41, 5.74) is 7.19. The first kappa shape index (κ1) is 11.2. The van der Waals surface area contributed by atoms with Crippen molar-refractivity contribution in [1.29, 1.82) is 0 Å². The van der Waals surface area contributed by atoms with Crippen molar-refractivity contribution in [2.75, 3.05) is 18.0 Å². The third kappa shape index (κ3) is 1.80. The Balaban J connectivity index is 1.62. The normalized spacial score (nSPS) is 30.8. The van der Waals surface area contributed by atoms with Crippen molar-refractivity contribution >= 4 is 11.5 Å². The van der Waals surface area contributed by atoms with Gasteiger partial charge in [0.25, 0.3) is 0 Å². The van der Waals surface area contributed by atoms with Crippen molar-refractivity contribution in [3.8, 4) is 0 Å². The predicted molar refractivity (Wildman–Crippen MR) is 74.0 cm³/mol. The molecule has 19 heavy (non-hydrogen) atoms. The molecule has 1 aliphatic carbocycles. The van der Waals surface area contributed by atoms with E-state index >= 15 is 0 Å². The Hall–Kier alpha value is -1.62. The lowest BCUT2D eigenvalue weighted by Crippen LogP contribution is -2.38. The molecule has 3 heterocycles. The van der Waals surface area contributed by atoms with E-state index in [1.54, 1.807) is 10.7 Å². The zero-order valence-corrected chi connectivity index (χ0v) is 10.9. The van der Waals surface area contributed by atoms with Crippen molar-refractivity contribution in [2.45, 2.75) is 25.3 Å². The summed E-state index contributed by atoms with van der Waals surface area (Å²) in [7, 11) is 0. The lowest BCUT2D eigenvalue weighted by molar-refractivity contribution is 0.260. The van der Waals surface area contributed by atoms with Gasteiger partial charge in [-0.1, -0.05) is 6.42 Å². The second kappa shape index (κ2) is 4.20. The molecule has 0 amide bonds. The van der Waals surface area contributed by atoms with Crippen molar-refractivity contribution < 1.29 is 0 Å². The van der Waals surface area contributed by atoms with E-state index in [0.717, 1.165) is 30.5 Å². The Morgan fingerprint density at radius 3 is 3.05 bits per heavy atom. The molecule has 0 bridgehead atoms. The van der Waals surface area contributed by atoms with Gasteiger partial charge in [0, 0.05) is 31.4 Å². The van der Waals surface area contributed by atoms with Gasteiger partial charge in [0.1, 0.15) is 5.82 Å². The summed E-state index contributed by atoms with van der Waals surface area (Å²) < 4.78 is 1.80. The monoisotopic (exact) mass is 257 g/mol. The number of hydrogen-bond acceptors (Lipinski definition) is 4. The topological polar surface area (TPSA) is 59.5 Å². The molecule has 100 valence electrons. The number of anilines is 1. The Kier molecular flexibility index (Phi) is 2.48. The third-order valence-corrected chi connectivity index (χ3v) is 4.72. The van der Waals surface area contributed by atoms with E-state index in [1.165, 1.54) is 19.3 Å². The molecule has 2 N–H and O–H groups in total. The molecular weight excluding hydrogens is 238 g/mol. The maximum Gasteiger partial charge on any atom is 0.157 e. The molecule has 2 aromatic rings. The molecule has 0 spiro atoms. The second-order valence-corrected chi connectivity index (χ2v) is 5.84. The highest BCUT2D eigenvalue weighted by Gasteiger charge is 2.39. The van der Waals surface area contributed by atoms with Crippen molar-refractivity contribution in [1.82, 2.24) is 14.6 Å². The predicted octanol–water partition coefficient (Wildman–Crippen LogP) is 1.29. The summed E-state index contributed by atoms with van der Waals surface area (Å²) in [5, 5.41) is 4.19. The van der Waals surface area contributed by atoms with E-state index in [4.69, 9.17) is 5.73 Å². The maximum absolute atomic E-state index is 6.27. The molecule has 2 fully saturated rings. The summed E-state index contributed by atoms with van der Waals surface area (Å²) in [6.07, 6.45) is 7.56. The van der Waals surface area contributed by atoms with Gasteiger partial charge in [-0.3, -0.25) is 0 Å². The van der Waals surface area contributed by atoms with Crippen LogP contribution in [0.3, 0.4) is 0 Å². The molecule has 5 nitrogen and oxygen atoms in total. The number of aromatic nitrogens is 3. The Morgan fingerprint density at radius 1 is 1.21 bits per heavy atom. The van der Waals surface area contributed by atoms with Crippen LogP contribution in [0, 0.1) is 11.8 Å². The van der Waals surface area contributed by atoms with E-state index in [1.807, 2.05) is 12.3 Å². The van der Waals surface area contributed by atoms with Crippen molar-refractivity contribution in [3.05, 3.63) is 24.5 Å². The smallest absolute Gasteiger partial charge is 0.157 e. The van der Waals surface area contributed by atoms with Crippen LogP contribution >= 0.6 is 0 Å². The first-order chi connectivity index (χ1) is 9.31. The number of rotatable bonds is 1. The standard InChI is InChI=1S/C14H19N5/c15-12-3-1-2-10-8-18(9-11(10)12)13-5-7-19-14(17-13)4-6-16-19/h4-7,10-12H,1-3,8-9,15H2. The molecular formula is C14H19N5. The summed E-state index contributed by atoms with van der Waals surface area (Å²) in [5.74, 6) is 2.47. The Labute approximate surface area is 112 Å². The first-order valence-electron chi connectivity index (χ1n) is 7.12. The van der Waals surface area contributed by atoms with E-state index in [9.17, 15) is 0 Å². The summed E-state index contributed by atoms with van der Waals surface area (Å²) in [6.45, 7) is 2.17. The highest BCUT2D eigenvalue weighted by atomic mass is 15.3. The fourth-order valence-electron chi connectivity index (χ4n) is 3.68. The minimum absolute atomic E-state index is 0.377. The minimum Gasteiger partial charge on any atom is -0.356 e. The molecule has 1 saturated heterocycles. The van der Waals surface area contributed by atoms with E-state index < -0.39 is 0 Å². The van der Waals surface area contributed by atoms with E-state index in [2.05, 4.69) is 21.0 Å². The zero-order valence-electron chi connectivity index (χ0n) is 10.9. The fraction of sp³-hybridized carbons (Fsp3) is 0.571. The van der Waals surface area contributed by atoms with Crippen molar-refractivity contribution in [2.24, 2.45) is 17.6 Å². The minimum atomic E-state index is 0.377. The molecule has 0 aromatic carbocycles. The highest BCUT2D eigenvalue weighted by Crippen LogP contribution is 2.37. The van der Waals surface area contributed by atoms with Crippen LogP contribution in [-0.4, -0.2) is 33.7 Å². The van der Waals surface area contributed by atoms with Gasteiger partial charge in [-0.2, -0.15) is 5.10 Å². The fourth-order valence-corrected chi connectivity index (χ4v) is 3.68. The van der Waals surface area contributed by atoms with Gasteiger partial charge in [0.2, 0.25) is 0 Å². The quantitative estimate of drug-likeness (QED) is 0.836. The molecule has 0 radical (unpaired) electrons. The van der Waals surface area contributed by atoms with Crippen LogP contribution in [0.1, 0.15) is 19.3 Å². The van der Waals surface area contributed by atoms with Gasteiger partial charge < -0.3 is 10.6 Å². The lowest BCUT2D eigenvalue weighted by Gasteiger charge is -2.29. The number of nitrogens with two attached hydrogens (primary N) is 1. The first-order valence-corrected chi connectivity index (χ1v) is 7.12. The van der Waals surface area contributed by atoms with Gasteiger partial charge >= 0.3 is 0 Å². The maximum atomic E-state index is 6.27. The largest absolute Gasteiger partial charge is 0.356 e. The van der Waals surface area contributed by atoms with Crippen LogP contribution in [-0.2, 0) is 0 Å². The van der Waals surface area contributed by atoms with Crippen molar-refractivity contribution in [3.63, 3.8) is 0 Å². The van der Waals surface area contributed by atoms with Crippen LogP contribution in [0.2, 0.25) is 0 Å². The third-order valence-electron chi connectivity index (χ3n) is 4.72. The molecule has 3 unspecified atom stereocenters. The van der Waals surface area contributed by atoms with Gasteiger partial charge in [-0.05, 0) is 30.7 Å². The number of hydrogen-bond donors (Lipinski definition) is 1. The molecule has 1 aliphatic heterocycles. The van der Waals surface area contributed by atoms with E-state index in [-0.39, 0.29) is 0 Å². The average molecular weight is 257 g/mol. The molecule has 2 aliphatic rings. The average Bonchev–Trinajstić information content (AvgIpc) is 3.04. The molecule has 3 atom stereocenters. The van der Waals surface area contributed by atoms with Gasteiger partial charge in [0.05, 0.1) is 6.20 Å². The molecule has 4 rings (SSSR count). The highest BCUT2D eigenvalue weighted by molar-refractivity contribution is 5.48. The van der Waals surface area contributed by atoms with Crippen LogP contribution in [0.25, 0.3) is 5.65 Å². The zero-order chi connectivity index (χ0) is 12.8. The molecule has 1 saturated carbocycles. The second-order valence-electron chi connectivity index (χ2n) is 5.84. The van der Waals surface area contributed by atoms with Gasteiger partial charge in [-0.15, -0.1) is 0 Å². The summed E-state index contributed by atoms with van der Waals surface area (Å²) >= 11 is 0. The Bertz CT molecular complexity index is 592. The van der Waals surface area contributed by atoms with Gasteiger partial charge in [-0.25, -0.2) is 9.50 Å². The van der Waals surface area contributed by atoms with Crippen LogP contribution in [0.5, 0.6) is 0 Å². The SMILES string of the molecule is NC1CCCC2CN(c3ccn4nccc4n3)CC12. The van der Waals surface area contributed by atoms with Crippen LogP contribution in [0.15, 0.2) is 24.5 Å².